The fourth-order valence-corrected chi connectivity index (χ4v) is 2.91. The SMILES string of the molecule is Cc1ccccc1CCC(=O)Nc1ccc2c(c1)CCCN2.Cl. The average molecular weight is 331 g/mol. The fourth-order valence-electron chi connectivity index (χ4n) is 2.91. The summed E-state index contributed by atoms with van der Waals surface area (Å²) >= 11 is 0. The molecule has 0 saturated heterocycles. The van der Waals surface area contributed by atoms with Crippen LogP contribution in [0.2, 0.25) is 0 Å². The highest BCUT2D eigenvalue weighted by Crippen LogP contribution is 2.25. The molecule has 0 spiro atoms. The highest BCUT2D eigenvalue weighted by atomic mass is 35.5. The molecule has 1 heterocycles. The van der Waals surface area contributed by atoms with Gasteiger partial charge in [-0.25, -0.2) is 0 Å². The first-order valence-electron chi connectivity index (χ1n) is 7.93. The molecule has 1 aliphatic heterocycles. The Balaban J connectivity index is 0.00000192. The van der Waals surface area contributed by atoms with Crippen LogP contribution in [0.25, 0.3) is 0 Å². The van der Waals surface area contributed by atoms with Crippen LogP contribution in [0.15, 0.2) is 42.5 Å². The molecule has 3 rings (SSSR count). The van der Waals surface area contributed by atoms with Gasteiger partial charge in [-0.15, -0.1) is 12.4 Å². The van der Waals surface area contributed by atoms with Gasteiger partial charge in [-0.05, 0) is 61.1 Å². The number of hydrogen-bond acceptors (Lipinski definition) is 2. The molecule has 2 aromatic carbocycles. The number of carbonyl (C=O) groups is 1. The molecule has 23 heavy (non-hydrogen) atoms. The van der Waals surface area contributed by atoms with Crippen LogP contribution in [0.4, 0.5) is 11.4 Å². The van der Waals surface area contributed by atoms with Crippen molar-refractivity contribution < 1.29 is 4.79 Å². The van der Waals surface area contributed by atoms with Crippen molar-refractivity contribution in [3.8, 4) is 0 Å². The first kappa shape index (κ1) is 17.4. The summed E-state index contributed by atoms with van der Waals surface area (Å²) in [5.74, 6) is 0.0759. The molecule has 0 saturated carbocycles. The molecular weight excluding hydrogens is 308 g/mol. The zero-order chi connectivity index (χ0) is 15.4. The summed E-state index contributed by atoms with van der Waals surface area (Å²) in [6.45, 7) is 3.12. The van der Waals surface area contributed by atoms with Crippen molar-refractivity contribution in [1.82, 2.24) is 0 Å². The van der Waals surface area contributed by atoms with Crippen LogP contribution in [0.5, 0.6) is 0 Å². The second kappa shape index (κ2) is 8.02. The number of nitrogens with one attached hydrogen (secondary N) is 2. The molecule has 0 aliphatic carbocycles. The monoisotopic (exact) mass is 330 g/mol. The van der Waals surface area contributed by atoms with Crippen molar-refractivity contribution in [3.05, 3.63) is 59.2 Å². The maximum absolute atomic E-state index is 12.1. The molecule has 0 unspecified atom stereocenters. The molecule has 2 N–H and O–H groups in total. The van der Waals surface area contributed by atoms with Crippen LogP contribution in [0.1, 0.15) is 29.5 Å². The number of carbonyl (C=O) groups excluding carboxylic acids is 1. The van der Waals surface area contributed by atoms with E-state index < -0.39 is 0 Å². The summed E-state index contributed by atoms with van der Waals surface area (Å²) in [5, 5.41) is 6.40. The van der Waals surface area contributed by atoms with Crippen molar-refractivity contribution in [3.63, 3.8) is 0 Å². The highest BCUT2D eigenvalue weighted by molar-refractivity contribution is 5.91. The predicted octanol–water partition coefficient (Wildman–Crippen LogP) is 4.35. The van der Waals surface area contributed by atoms with Gasteiger partial charge < -0.3 is 10.6 Å². The smallest absolute Gasteiger partial charge is 0.224 e. The minimum atomic E-state index is 0. The van der Waals surface area contributed by atoms with E-state index in [-0.39, 0.29) is 18.3 Å². The number of aryl methyl sites for hydroxylation is 3. The van der Waals surface area contributed by atoms with Gasteiger partial charge in [0.15, 0.2) is 0 Å². The lowest BCUT2D eigenvalue weighted by atomic mass is 10.0. The van der Waals surface area contributed by atoms with E-state index in [4.69, 9.17) is 0 Å². The van der Waals surface area contributed by atoms with Gasteiger partial charge in [-0.1, -0.05) is 24.3 Å². The summed E-state index contributed by atoms with van der Waals surface area (Å²) in [7, 11) is 0. The van der Waals surface area contributed by atoms with Gasteiger partial charge >= 0.3 is 0 Å². The molecule has 4 heteroatoms. The summed E-state index contributed by atoms with van der Waals surface area (Å²) in [6.07, 6.45) is 3.53. The predicted molar refractivity (Wildman–Crippen MR) is 98.6 cm³/mol. The number of anilines is 2. The van der Waals surface area contributed by atoms with Crippen molar-refractivity contribution in [1.29, 1.82) is 0 Å². The maximum Gasteiger partial charge on any atom is 0.224 e. The van der Waals surface area contributed by atoms with Crippen LogP contribution in [-0.4, -0.2) is 12.5 Å². The maximum atomic E-state index is 12.1. The Kier molecular flexibility index (Phi) is 6.05. The van der Waals surface area contributed by atoms with Gasteiger partial charge in [0, 0.05) is 24.3 Å². The Morgan fingerprint density at radius 3 is 2.87 bits per heavy atom. The summed E-state index contributed by atoms with van der Waals surface area (Å²) < 4.78 is 0. The van der Waals surface area contributed by atoms with E-state index in [0.717, 1.165) is 31.5 Å². The van der Waals surface area contributed by atoms with Gasteiger partial charge in [0.25, 0.3) is 0 Å². The molecule has 0 aromatic heterocycles. The van der Waals surface area contributed by atoms with Crippen LogP contribution in [0, 0.1) is 6.92 Å². The number of benzene rings is 2. The normalized spacial score (nSPS) is 12.6. The lowest BCUT2D eigenvalue weighted by molar-refractivity contribution is -0.116. The quantitative estimate of drug-likeness (QED) is 0.875. The molecule has 0 fully saturated rings. The van der Waals surface area contributed by atoms with E-state index in [1.165, 1.54) is 22.4 Å². The molecular formula is C19H23ClN2O. The first-order chi connectivity index (χ1) is 10.7. The number of amides is 1. The Morgan fingerprint density at radius 2 is 2.04 bits per heavy atom. The van der Waals surface area contributed by atoms with Gasteiger partial charge in [-0.3, -0.25) is 4.79 Å². The van der Waals surface area contributed by atoms with Crippen molar-refractivity contribution >= 4 is 29.7 Å². The van der Waals surface area contributed by atoms with E-state index in [9.17, 15) is 4.79 Å². The third-order valence-corrected chi connectivity index (χ3v) is 4.21. The molecule has 1 amide bonds. The second-order valence-corrected chi connectivity index (χ2v) is 5.88. The van der Waals surface area contributed by atoms with Crippen LogP contribution in [0.3, 0.4) is 0 Å². The third-order valence-electron chi connectivity index (χ3n) is 4.21. The minimum Gasteiger partial charge on any atom is -0.385 e. The highest BCUT2D eigenvalue weighted by Gasteiger charge is 2.10. The zero-order valence-electron chi connectivity index (χ0n) is 13.4. The van der Waals surface area contributed by atoms with E-state index in [0.29, 0.717) is 6.42 Å². The fraction of sp³-hybridized carbons (Fsp3) is 0.316. The summed E-state index contributed by atoms with van der Waals surface area (Å²) in [5.41, 5.74) is 5.88. The van der Waals surface area contributed by atoms with Crippen LogP contribution < -0.4 is 10.6 Å². The molecule has 2 aromatic rings. The van der Waals surface area contributed by atoms with E-state index >= 15 is 0 Å². The van der Waals surface area contributed by atoms with Crippen molar-refractivity contribution in [2.45, 2.75) is 32.6 Å². The summed E-state index contributed by atoms with van der Waals surface area (Å²) in [6, 6.07) is 14.4. The van der Waals surface area contributed by atoms with Gasteiger partial charge in [0.1, 0.15) is 0 Å². The van der Waals surface area contributed by atoms with Crippen LogP contribution >= 0.6 is 12.4 Å². The minimum absolute atomic E-state index is 0. The van der Waals surface area contributed by atoms with E-state index in [2.05, 4.69) is 41.8 Å². The number of hydrogen-bond donors (Lipinski definition) is 2. The summed E-state index contributed by atoms with van der Waals surface area (Å²) in [4.78, 5) is 12.1. The van der Waals surface area contributed by atoms with Crippen molar-refractivity contribution in [2.75, 3.05) is 17.2 Å². The van der Waals surface area contributed by atoms with Gasteiger partial charge in [0.2, 0.25) is 5.91 Å². The Bertz CT molecular complexity index is 685. The molecule has 0 atom stereocenters. The van der Waals surface area contributed by atoms with Crippen molar-refractivity contribution in [2.24, 2.45) is 0 Å². The standard InChI is InChI=1S/C19H22N2O.ClH/c1-14-5-2-3-6-15(14)8-11-19(22)21-17-9-10-18-16(13-17)7-4-12-20-18;/h2-3,5-6,9-10,13,20H,4,7-8,11-12H2,1H3,(H,21,22);1H. The molecule has 0 bridgehead atoms. The van der Waals surface area contributed by atoms with E-state index in [1.54, 1.807) is 0 Å². The number of fused-ring (bicyclic) bond motifs is 1. The zero-order valence-corrected chi connectivity index (χ0v) is 14.2. The molecule has 1 aliphatic rings. The average Bonchev–Trinajstić information content (AvgIpc) is 2.54. The Morgan fingerprint density at radius 1 is 1.22 bits per heavy atom. The molecule has 122 valence electrons. The van der Waals surface area contributed by atoms with Gasteiger partial charge in [0.05, 0.1) is 0 Å². The second-order valence-electron chi connectivity index (χ2n) is 5.88. The molecule has 3 nitrogen and oxygen atoms in total. The largest absolute Gasteiger partial charge is 0.385 e. The number of halogens is 1. The van der Waals surface area contributed by atoms with E-state index in [1.807, 2.05) is 18.2 Å². The molecule has 0 radical (unpaired) electrons. The number of rotatable bonds is 4. The van der Waals surface area contributed by atoms with Crippen LogP contribution in [-0.2, 0) is 17.6 Å². The first-order valence-corrected chi connectivity index (χ1v) is 7.93. The lowest BCUT2D eigenvalue weighted by Gasteiger charge is -2.18. The Labute approximate surface area is 143 Å². The van der Waals surface area contributed by atoms with Gasteiger partial charge in [-0.2, -0.15) is 0 Å². The third kappa shape index (κ3) is 4.49. The topological polar surface area (TPSA) is 41.1 Å². The Hall–Kier alpha value is -2.00. The lowest BCUT2D eigenvalue weighted by Crippen LogP contribution is -2.15.